The highest BCUT2D eigenvalue weighted by Crippen LogP contribution is 2.29. The third-order valence-corrected chi connectivity index (χ3v) is 4.43. The second-order valence-electron chi connectivity index (χ2n) is 5.35. The van der Waals surface area contributed by atoms with Crippen molar-refractivity contribution in [1.29, 1.82) is 0 Å². The van der Waals surface area contributed by atoms with Crippen LogP contribution < -0.4 is 5.32 Å². The summed E-state index contributed by atoms with van der Waals surface area (Å²) in [6.45, 7) is 6.91. The van der Waals surface area contributed by atoms with Crippen LogP contribution in [0.3, 0.4) is 0 Å². The zero-order valence-electron chi connectivity index (χ0n) is 12.7. The maximum Gasteiger partial charge on any atom is 0.0524 e. The number of halogens is 2. The molecule has 1 aliphatic heterocycles. The lowest BCUT2D eigenvalue weighted by Crippen LogP contribution is -2.45. The molecule has 1 fully saturated rings. The van der Waals surface area contributed by atoms with Crippen molar-refractivity contribution in [3.63, 3.8) is 0 Å². The van der Waals surface area contributed by atoms with Gasteiger partial charge in [0, 0.05) is 50.0 Å². The molecule has 0 radical (unpaired) electrons. The van der Waals surface area contributed by atoms with Gasteiger partial charge in [0.05, 0.1) is 5.69 Å². The lowest BCUT2D eigenvalue weighted by atomic mass is 10.0. The van der Waals surface area contributed by atoms with Gasteiger partial charge in [-0.3, -0.25) is 9.58 Å². The van der Waals surface area contributed by atoms with Crippen molar-refractivity contribution < 1.29 is 0 Å². The first-order valence-corrected chi connectivity index (χ1v) is 7.87. The molecule has 2 heterocycles. The number of aromatic nitrogens is 2. The van der Waals surface area contributed by atoms with Crippen LogP contribution in [0.4, 0.5) is 0 Å². The van der Waals surface area contributed by atoms with Crippen LogP contribution in [-0.2, 0) is 13.1 Å². The smallest absolute Gasteiger partial charge is 0.0524 e. The molecule has 3 rings (SSSR count). The van der Waals surface area contributed by atoms with Crippen LogP contribution in [0, 0.1) is 0 Å². The Kier molecular flexibility index (Phi) is 6.26. The number of piperazine rings is 1. The Bertz CT molecular complexity index is 599. The summed E-state index contributed by atoms with van der Waals surface area (Å²) in [7, 11) is 0. The molecule has 0 bridgehead atoms. The second-order valence-corrected chi connectivity index (χ2v) is 5.76. The lowest BCUT2D eigenvalue weighted by Gasteiger charge is -2.36. The fourth-order valence-electron chi connectivity index (χ4n) is 2.97. The van der Waals surface area contributed by atoms with Gasteiger partial charge in [-0.15, -0.1) is 12.4 Å². The minimum Gasteiger partial charge on any atom is -0.314 e. The normalized spacial score (nSPS) is 18.9. The SMILES string of the molecule is CCn1nccc1CN1CCNCC1c1ccccc1Cl.Cl. The second kappa shape index (κ2) is 7.97. The largest absolute Gasteiger partial charge is 0.314 e. The average molecular weight is 341 g/mol. The number of hydrogen-bond acceptors (Lipinski definition) is 3. The summed E-state index contributed by atoms with van der Waals surface area (Å²) >= 11 is 6.39. The number of nitrogens with one attached hydrogen (secondary N) is 1. The van der Waals surface area contributed by atoms with E-state index in [4.69, 9.17) is 11.6 Å². The summed E-state index contributed by atoms with van der Waals surface area (Å²) in [6.07, 6.45) is 1.88. The van der Waals surface area contributed by atoms with Crippen LogP contribution in [-0.4, -0.2) is 34.3 Å². The molecular weight excluding hydrogens is 319 g/mol. The third kappa shape index (κ3) is 3.63. The fourth-order valence-corrected chi connectivity index (χ4v) is 3.24. The zero-order valence-corrected chi connectivity index (χ0v) is 14.3. The summed E-state index contributed by atoms with van der Waals surface area (Å²) in [5.74, 6) is 0. The van der Waals surface area contributed by atoms with Crippen LogP contribution in [0.1, 0.15) is 24.2 Å². The summed E-state index contributed by atoms with van der Waals surface area (Å²) < 4.78 is 2.06. The monoisotopic (exact) mass is 340 g/mol. The summed E-state index contributed by atoms with van der Waals surface area (Å²) in [5, 5.41) is 8.69. The molecule has 1 aromatic carbocycles. The van der Waals surface area contributed by atoms with Crippen molar-refractivity contribution >= 4 is 24.0 Å². The quantitative estimate of drug-likeness (QED) is 0.928. The van der Waals surface area contributed by atoms with Crippen molar-refractivity contribution in [1.82, 2.24) is 20.0 Å². The Morgan fingerprint density at radius 1 is 1.32 bits per heavy atom. The molecule has 120 valence electrons. The molecule has 22 heavy (non-hydrogen) atoms. The van der Waals surface area contributed by atoms with Gasteiger partial charge in [-0.1, -0.05) is 29.8 Å². The lowest BCUT2D eigenvalue weighted by molar-refractivity contribution is 0.149. The van der Waals surface area contributed by atoms with Gasteiger partial charge < -0.3 is 5.32 Å². The van der Waals surface area contributed by atoms with E-state index in [1.54, 1.807) is 0 Å². The van der Waals surface area contributed by atoms with Gasteiger partial charge in [0.25, 0.3) is 0 Å². The minimum absolute atomic E-state index is 0. The summed E-state index contributed by atoms with van der Waals surface area (Å²) in [4.78, 5) is 2.49. The van der Waals surface area contributed by atoms with Crippen LogP contribution in [0.2, 0.25) is 5.02 Å². The molecule has 4 nitrogen and oxygen atoms in total. The van der Waals surface area contributed by atoms with Gasteiger partial charge in [0.1, 0.15) is 0 Å². The van der Waals surface area contributed by atoms with Crippen LogP contribution in [0.15, 0.2) is 36.5 Å². The first-order valence-electron chi connectivity index (χ1n) is 7.49. The van der Waals surface area contributed by atoms with Crippen molar-refractivity contribution in [3.8, 4) is 0 Å². The molecule has 1 unspecified atom stereocenters. The van der Waals surface area contributed by atoms with Gasteiger partial charge >= 0.3 is 0 Å². The number of hydrogen-bond donors (Lipinski definition) is 1. The van der Waals surface area contributed by atoms with Crippen LogP contribution in [0.25, 0.3) is 0 Å². The van der Waals surface area contributed by atoms with E-state index < -0.39 is 0 Å². The predicted octanol–water partition coefficient (Wildman–Crippen LogP) is 3.12. The first kappa shape index (κ1) is 17.3. The molecular formula is C16H22Cl2N4. The maximum absolute atomic E-state index is 6.39. The Hall–Kier alpha value is -1.07. The Labute approximate surface area is 142 Å². The number of rotatable bonds is 4. The highest BCUT2D eigenvalue weighted by molar-refractivity contribution is 6.31. The first-order chi connectivity index (χ1) is 10.3. The third-order valence-electron chi connectivity index (χ3n) is 4.09. The van der Waals surface area contributed by atoms with E-state index >= 15 is 0 Å². The van der Waals surface area contributed by atoms with Gasteiger partial charge in [-0.2, -0.15) is 5.10 Å². The fraction of sp³-hybridized carbons (Fsp3) is 0.438. The zero-order chi connectivity index (χ0) is 14.7. The van der Waals surface area contributed by atoms with Crippen molar-refractivity contribution in [2.75, 3.05) is 19.6 Å². The summed E-state index contributed by atoms with van der Waals surface area (Å²) in [6, 6.07) is 10.6. The molecule has 1 saturated heterocycles. The molecule has 6 heteroatoms. The predicted molar refractivity (Wildman–Crippen MR) is 92.6 cm³/mol. The molecule has 1 aliphatic rings. The van der Waals surface area contributed by atoms with Crippen molar-refractivity contribution in [3.05, 3.63) is 52.8 Å². The summed E-state index contributed by atoms with van der Waals surface area (Å²) in [5.41, 5.74) is 2.46. The number of benzene rings is 1. The van der Waals surface area contributed by atoms with Crippen LogP contribution >= 0.6 is 24.0 Å². The van der Waals surface area contributed by atoms with Gasteiger partial charge in [-0.05, 0) is 24.6 Å². The molecule has 0 saturated carbocycles. The van der Waals surface area contributed by atoms with E-state index in [-0.39, 0.29) is 12.4 Å². The maximum atomic E-state index is 6.39. The van der Waals surface area contributed by atoms with Gasteiger partial charge in [0.15, 0.2) is 0 Å². The van der Waals surface area contributed by atoms with Gasteiger partial charge in [-0.25, -0.2) is 0 Å². The topological polar surface area (TPSA) is 33.1 Å². The standard InChI is InChI=1S/C16H21ClN4.ClH/c1-2-21-13(7-8-19-21)12-20-10-9-18-11-16(20)14-5-3-4-6-15(14)17;/h3-8,16,18H,2,9-12H2,1H3;1H. The molecule has 0 amide bonds. The Morgan fingerprint density at radius 3 is 2.91 bits per heavy atom. The van der Waals surface area contributed by atoms with Crippen molar-refractivity contribution in [2.45, 2.75) is 26.1 Å². The van der Waals surface area contributed by atoms with Crippen LogP contribution in [0.5, 0.6) is 0 Å². The average Bonchev–Trinajstić information content (AvgIpc) is 2.96. The van der Waals surface area contributed by atoms with E-state index in [1.165, 1.54) is 11.3 Å². The number of aryl methyl sites for hydroxylation is 1. The van der Waals surface area contributed by atoms with Gasteiger partial charge in [0.2, 0.25) is 0 Å². The minimum atomic E-state index is 0. The van der Waals surface area contributed by atoms with E-state index in [2.05, 4.69) is 45.1 Å². The molecule has 0 aliphatic carbocycles. The molecule has 1 N–H and O–H groups in total. The highest BCUT2D eigenvalue weighted by atomic mass is 35.5. The molecule has 0 spiro atoms. The molecule has 1 aromatic heterocycles. The molecule has 2 aromatic rings. The van der Waals surface area contributed by atoms with Crippen molar-refractivity contribution in [2.24, 2.45) is 0 Å². The van der Waals surface area contributed by atoms with E-state index in [0.29, 0.717) is 6.04 Å². The Morgan fingerprint density at radius 2 is 2.14 bits per heavy atom. The Balaban J connectivity index is 0.00000176. The highest BCUT2D eigenvalue weighted by Gasteiger charge is 2.26. The van der Waals surface area contributed by atoms with E-state index in [1.807, 2.05) is 18.3 Å². The molecule has 1 atom stereocenters. The van der Waals surface area contributed by atoms with E-state index in [9.17, 15) is 0 Å². The van der Waals surface area contributed by atoms with E-state index in [0.717, 1.165) is 37.7 Å². The number of nitrogens with zero attached hydrogens (tertiary/aromatic N) is 3.